The summed E-state index contributed by atoms with van der Waals surface area (Å²) in [6, 6.07) is 58.1. The highest BCUT2D eigenvalue weighted by Gasteiger charge is 2.54. The molecule has 4 heteroatoms. The van der Waals surface area contributed by atoms with Crippen LogP contribution >= 0.6 is 0 Å². The maximum absolute atomic E-state index is 6.81. The molecule has 2 aliphatic carbocycles. The van der Waals surface area contributed by atoms with Crippen molar-refractivity contribution >= 4 is 21.9 Å². The molecule has 0 saturated heterocycles. The van der Waals surface area contributed by atoms with E-state index in [0.29, 0.717) is 17.5 Å². The minimum atomic E-state index is -0.504. The van der Waals surface area contributed by atoms with Crippen molar-refractivity contribution in [2.45, 2.75) is 24.7 Å². The van der Waals surface area contributed by atoms with Crippen LogP contribution < -0.4 is 0 Å². The van der Waals surface area contributed by atoms with Crippen molar-refractivity contribution in [3.63, 3.8) is 0 Å². The number of furan rings is 1. The molecule has 0 bridgehead atoms. The Morgan fingerprint density at radius 1 is 0.377 bits per heavy atom. The molecular weight excluding hydrogens is 647 g/mol. The van der Waals surface area contributed by atoms with Gasteiger partial charge in [-0.05, 0) is 56.6 Å². The van der Waals surface area contributed by atoms with Gasteiger partial charge < -0.3 is 4.42 Å². The summed E-state index contributed by atoms with van der Waals surface area (Å²) in [4.78, 5) is 15.4. The molecule has 0 fully saturated rings. The van der Waals surface area contributed by atoms with Crippen molar-refractivity contribution in [3.05, 3.63) is 197 Å². The van der Waals surface area contributed by atoms with Gasteiger partial charge in [-0.3, -0.25) is 0 Å². The molecule has 0 aliphatic heterocycles. The van der Waals surface area contributed by atoms with E-state index in [9.17, 15) is 0 Å². The topological polar surface area (TPSA) is 51.8 Å². The summed E-state index contributed by atoms with van der Waals surface area (Å²) < 4.78 is 6.81. The summed E-state index contributed by atoms with van der Waals surface area (Å²) in [7, 11) is 0. The third-order valence-electron chi connectivity index (χ3n) is 11.6. The maximum atomic E-state index is 6.81. The van der Waals surface area contributed by atoms with Gasteiger partial charge >= 0.3 is 0 Å². The van der Waals surface area contributed by atoms with Gasteiger partial charge in [0.2, 0.25) is 0 Å². The van der Waals surface area contributed by atoms with Crippen LogP contribution in [0, 0.1) is 0 Å². The van der Waals surface area contributed by atoms with E-state index in [-0.39, 0.29) is 5.41 Å². The molecule has 0 unspecified atom stereocenters. The average molecular weight is 680 g/mol. The number of hydrogen-bond donors (Lipinski definition) is 0. The third-order valence-corrected chi connectivity index (χ3v) is 11.6. The molecule has 250 valence electrons. The summed E-state index contributed by atoms with van der Waals surface area (Å²) in [5.74, 6) is 1.88. The standard InChI is InChI=1S/C49H33N3O/c1-48(2)37-25-13-14-26-38(37)49(35-23-11-9-20-32(35)33-21-10-12-24-36(33)49)39-28-29-41-43(44(39)48)42-34(22-15-27-40(42)53-41)47-51-45(30-16-5-3-6-17-30)50-46(52-47)31-18-7-4-8-19-31/h3-29H,1-2H3. The fourth-order valence-corrected chi connectivity index (χ4v) is 9.44. The molecule has 0 N–H and O–H groups in total. The van der Waals surface area contributed by atoms with Crippen molar-refractivity contribution in [1.82, 2.24) is 15.0 Å². The van der Waals surface area contributed by atoms with Crippen LogP contribution in [0.5, 0.6) is 0 Å². The molecule has 7 aromatic carbocycles. The van der Waals surface area contributed by atoms with E-state index in [4.69, 9.17) is 19.4 Å². The zero-order valence-electron chi connectivity index (χ0n) is 29.3. The zero-order valence-corrected chi connectivity index (χ0v) is 29.3. The number of fused-ring (bicyclic) bond motifs is 13. The van der Waals surface area contributed by atoms with Gasteiger partial charge in [0.25, 0.3) is 0 Å². The van der Waals surface area contributed by atoms with Crippen molar-refractivity contribution in [2.75, 3.05) is 0 Å². The molecule has 0 amide bonds. The fraction of sp³-hybridized carbons (Fsp3) is 0.0816. The average Bonchev–Trinajstić information content (AvgIpc) is 3.75. The van der Waals surface area contributed by atoms with E-state index >= 15 is 0 Å². The van der Waals surface area contributed by atoms with E-state index in [1.165, 1.54) is 44.5 Å². The summed E-state index contributed by atoms with van der Waals surface area (Å²) >= 11 is 0. The fourth-order valence-electron chi connectivity index (χ4n) is 9.44. The smallest absolute Gasteiger partial charge is 0.164 e. The Morgan fingerprint density at radius 3 is 1.49 bits per heavy atom. The SMILES string of the molecule is CC1(C)c2ccccc2C2(c3ccccc3-c3ccccc32)c2ccc3oc4cccc(-c5nc(-c6ccccc6)nc(-c6ccccc6)n5)c4c3c21. The van der Waals surface area contributed by atoms with Crippen molar-refractivity contribution in [1.29, 1.82) is 0 Å². The second-order valence-electron chi connectivity index (χ2n) is 14.7. The summed E-state index contributed by atoms with van der Waals surface area (Å²) in [6.07, 6.45) is 0. The summed E-state index contributed by atoms with van der Waals surface area (Å²) in [5, 5.41) is 2.13. The monoisotopic (exact) mass is 679 g/mol. The van der Waals surface area contributed by atoms with Crippen molar-refractivity contribution in [2.24, 2.45) is 0 Å². The van der Waals surface area contributed by atoms with Crippen LogP contribution in [0.2, 0.25) is 0 Å². The Kier molecular flexibility index (Phi) is 6.19. The van der Waals surface area contributed by atoms with Gasteiger partial charge in [-0.1, -0.05) is 166 Å². The van der Waals surface area contributed by atoms with Crippen LogP contribution in [0.15, 0.2) is 168 Å². The Labute approximate surface area is 307 Å². The minimum absolute atomic E-state index is 0.365. The van der Waals surface area contributed by atoms with Crippen LogP contribution in [-0.2, 0) is 10.8 Å². The van der Waals surface area contributed by atoms with Gasteiger partial charge in [-0.2, -0.15) is 0 Å². The lowest BCUT2D eigenvalue weighted by molar-refractivity contribution is 0.567. The molecule has 2 aromatic heterocycles. The van der Waals surface area contributed by atoms with Crippen LogP contribution in [0.25, 0.3) is 67.2 Å². The van der Waals surface area contributed by atoms with Crippen LogP contribution in [-0.4, -0.2) is 15.0 Å². The zero-order chi connectivity index (χ0) is 35.3. The Hall–Kier alpha value is -6.65. The van der Waals surface area contributed by atoms with Gasteiger partial charge in [-0.25, -0.2) is 15.0 Å². The van der Waals surface area contributed by atoms with E-state index in [1.807, 2.05) is 42.5 Å². The first-order valence-corrected chi connectivity index (χ1v) is 18.2. The Bertz CT molecular complexity index is 2820. The van der Waals surface area contributed by atoms with Gasteiger partial charge in [0.1, 0.15) is 11.2 Å². The number of benzene rings is 7. The lowest BCUT2D eigenvalue weighted by Gasteiger charge is -2.47. The molecule has 4 nitrogen and oxygen atoms in total. The molecule has 2 heterocycles. The Balaban J connectivity index is 1.27. The third kappa shape index (κ3) is 4.03. The highest BCUT2D eigenvalue weighted by Crippen LogP contribution is 2.63. The number of rotatable bonds is 3. The predicted octanol–water partition coefficient (Wildman–Crippen LogP) is 11.8. The maximum Gasteiger partial charge on any atom is 0.164 e. The minimum Gasteiger partial charge on any atom is -0.456 e. The van der Waals surface area contributed by atoms with E-state index in [1.54, 1.807) is 0 Å². The highest BCUT2D eigenvalue weighted by molar-refractivity contribution is 6.14. The largest absolute Gasteiger partial charge is 0.456 e. The lowest BCUT2D eigenvalue weighted by Crippen LogP contribution is -2.40. The molecule has 0 saturated carbocycles. The molecule has 9 aromatic rings. The molecule has 53 heavy (non-hydrogen) atoms. The van der Waals surface area contributed by atoms with Crippen molar-refractivity contribution < 1.29 is 4.42 Å². The second-order valence-corrected chi connectivity index (χ2v) is 14.7. The Morgan fingerprint density at radius 2 is 0.868 bits per heavy atom. The molecule has 0 atom stereocenters. The molecule has 2 aliphatic rings. The lowest BCUT2D eigenvalue weighted by atomic mass is 9.55. The van der Waals surface area contributed by atoms with Crippen LogP contribution in [0.4, 0.5) is 0 Å². The van der Waals surface area contributed by atoms with E-state index in [2.05, 4.69) is 135 Å². The number of hydrogen-bond acceptors (Lipinski definition) is 4. The predicted molar refractivity (Wildman–Crippen MR) is 213 cm³/mol. The quantitative estimate of drug-likeness (QED) is 0.186. The van der Waals surface area contributed by atoms with Gasteiger partial charge in [0, 0.05) is 32.9 Å². The van der Waals surface area contributed by atoms with E-state index < -0.39 is 5.41 Å². The number of aromatic nitrogens is 3. The highest BCUT2D eigenvalue weighted by atomic mass is 16.3. The van der Waals surface area contributed by atoms with Gasteiger partial charge in [0.05, 0.1) is 5.41 Å². The van der Waals surface area contributed by atoms with Crippen LogP contribution in [0.1, 0.15) is 47.2 Å². The normalized spacial score (nSPS) is 14.5. The molecule has 11 rings (SSSR count). The molecular formula is C49H33N3O. The first-order valence-electron chi connectivity index (χ1n) is 18.2. The first kappa shape index (κ1) is 30.0. The van der Waals surface area contributed by atoms with Gasteiger partial charge in [-0.15, -0.1) is 0 Å². The van der Waals surface area contributed by atoms with Gasteiger partial charge in [0.15, 0.2) is 17.5 Å². The van der Waals surface area contributed by atoms with Crippen LogP contribution in [0.3, 0.4) is 0 Å². The van der Waals surface area contributed by atoms with E-state index in [0.717, 1.165) is 38.6 Å². The van der Waals surface area contributed by atoms with Crippen molar-refractivity contribution in [3.8, 4) is 45.3 Å². The summed E-state index contributed by atoms with van der Waals surface area (Å²) in [6.45, 7) is 4.74. The molecule has 1 spiro atoms. The second kappa shape index (κ2) is 10.9. The molecule has 0 radical (unpaired) electrons. The summed E-state index contributed by atoms with van der Waals surface area (Å²) in [5.41, 5.74) is 14.0. The first-order chi connectivity index (χ1) is 26.0. The number of nitrogens with zero attached hydrogens (tertiary/aromatic N) is 3.